The smallest absolute Gasteiger partial charge is 0.251 e. The molecule has 4 aromatic rings. The molecule has 1 aromatic heterocycles. The normalized spacial score (nSPS) is 12.5. The molecule has 158 valence electrons. The molecule has 0 fully saturated rings. The first-order valence-corrected chi connectivity index (χ1v) is 11.6. The van der Waals surface area contributed by atoms with Gasteiger partial charge in [0, 0.05) is 11.3 Å². The lowest BCUT2D eigenvalue weighted by Crippen LogP contribution is -2.27. The minimum Gasteiger partial charge on any atom is -0.345 e. The van der Waals surface area contributed by atoms with Gasteiger partial charge in [-0.3, -0.25) is 14.1 Å². The van der Waals surface area contributed by atoms with Crippen LogP contribution in [0, 0.1) is 0 Å². The van der Waals surface area contributed by atoms with Crippen LogP contribution in [0.1, 0.15) is 28.9 Å². The molecule has 1 atom stereocenters. The zero-order chi connectivity index (χ0) is 22.0. The maximum absolute atomic E-state index is 12.8. The Hall–Kier alpha value is -3.65. The lowest BCUT2D eigenvalue weighted by molar-refractivity contribution is 0.0940. The van der Waals surface area contributed by atoms with Crippen LogP contribution in [0.3, 0.4) is 0 Å². The van der Waals surface area contributed by atoms with Crippen LogP contribution in [0.25, 0.3) is 16.7 Å². The molecule has 2 N–H and O–H groups in total. The van der Waals surface area contributed by atoms with Gasteiger partial charge in [0.05, 0.1) is 29.0 Å². The van der Waals surface area contributed by atoms with Crippen molar-refractivity contribution in [2.24, 2.45) is 0 Å². The van der Waals surface area contributed by atoms with Gasteiger partial charge in [-0.05, 0) is 55.0 Å². The van der Waals surface area contributed by atoms with E-state index in [9.17, 15) is 13.2 Å². The summed E-state index contributed by atoms with van der Waals surface area (Å²) in [6, 6.07) is 21.7. The molecule has 0 radical (unpaired) electrons. The largest absolute Gasteiger partial charge is 0.345 e. The molecule has 7 nitrogen and oxygen atoms in total. The summed E-state index contributed by atoms with van der Waals surface area (Å²) in [6.45, 7) is 1.81. The van der Waals surface area contributed by atoms with Crippen molar-refractivity contribution >= 4 is 32.7 Å². The average Bonchev–Trinajstić information content (AvgIpc) is 3.17. The number of sulfonamides is 1. The molecule has 1 heterocycles. The van der Waals surface area contributed by atoms with Crippen LogP contribution in [-0.2, 0) is 10.0 Å². The van der Waals surface area contributed by atoms with Crippen molar-refractivity contribution in [1.29, 1.82) is 0 Å². The maximum Gasteiger partial charge on any atom is 0.251 e. The Morgan fingerprint density at radius 1 is 0.968 bits per heavy atom. The number of rotatable bonds is 6. The van der Waals surface area contributed by atoms with Crippen LogP contribution < -0.4 is 10.0 Å². The number of aromatic nitrogens is 2. The van der Waals surface area contributed by atoms with E-state index in [1.54, 1.807) is 42.7 Å². The van der Waals surface area contributed by atoms with Gasteiger partial charge in [-0.1, -0.05) is 30.3 Å². The van der Waals surface area contributed by atoms with Crippen LogP contribution in [-0.4, -0.2) is 30.1 Å². The van der Waals surface area contributed by atoms with Crippen LogP contribution in [0.4, 0.5) is 5.69 Å². The van der Waals surface area contributed by atoms with Crippen molar-refractivity contribution in [3.63, 3.8) is 0 Å². The van der Waals surface area contributed by atoms with Crippen LogP contribution in [0.2, 0.25) is 0 Å². The van der Waals surface area contributed by atoms with Crippen molar-refractivity contribution in [2.45, 2.75) is 13.0 Å². The number of carbonyl (C=O) groups is 1. The topological polar surface area (TPSA) is 93.1 Å². The highest BCUT2D eigenvalue weighted by molar-refractivity contribution is 7.92. The minimum atomic E-state index is -3.43. The Morgan fingerprint density at radius 2 is 1.65 bits per heavy atom. The number of nitrogens with zero attached hydrogens (tertiary/aromatic N) is 2. The number of anilines is 1. The van der Waals surface area contributed by atoms with Gasteiger partial charge in [0.1, 0.15) is 6.33 Å². The second-order valence-electron chi connectivity index (χ2n) is 7.31. The first kappa shape index (κ1) is 20.6. The van der Waals surface area contributed by atoms with Gasteiger partial charge in [0.25, 0.3) is 5.91 Å². The van der Waals surface area contributed by atoms with E-state index in [1.807, 2.05) is 47.9 Å². The number of hydrogen-bond donors (Lipinski definition) is 2. The van der Waals surface area contributed by atoms with E-state index in [1.165, 1.54) is 0 Å². The second kappa shape index (κ2) is 8.23. The van der Waals surface area contributed by atoms with Crippen LogP contribution >= 0.6 is 0 Å². The van der Waals surface area contributed by atoms with Crippen molar-refractivity contribution in [3.8, 4) is 5.69 Å². The molecule has 8 heteroatoms. The van der Waals surface area contributed by atoms with Crippen molar-refractivity contribution in [1.82, 2.24) is 14.9 Å². The van der Waals surface area contributed by atoms with E-state index in [4.69, 9.17) is 0 Å². The Balaban J connectivity index is 1.52. The Labute approximate surface area is 180 Å². The van der Waals surface area contributed by atoms with E-state index in [0.29, 0.717) is 16.8 Å². The summed E-state index contributed by atoms with van der Waals surface area (Å²) in [7, 11) is -3.43. The van der Waals surface area contributed by atoms with Crippen molar-refractivity contribution in [3.05, 3.63) is 90.3 Å². The average molecular weight is 435 g/mol. The number of imidazole rings is 1. The molecule has 0 saturated carbocycles. The standard InChI is InChI=1S/C23H22N4O3S/c1-16(19-7-3-4-8-20(19)26-31(2,29)30)25-23(28)17-11-13-18(14-12-17)27-15-24-21-9-5-6-10-22(21)27/h3-16,26H,1-2H3,(H,25,28). The number of carbonyl (C=O) groups excluding carboxylic acids is 1. The molecule has 0 spiro atoms. The molecule has 4 rings (SSSR count). The first-order chi connectivity index (χ1) is 14.8. The highest BCUT2D eigenvalue weighted by Gasteiger charge is 2.16. The van der Waals surface area contributed by atoms with E-state index >= 15 is 0 Å². The number of amides is 1. The van der Waals surface area contributed by atoms with E-state index < -0.39 is 16.1 Å². The molecular weight excluding hydrogens is 412 g/mol. The number of benzene rings is 3. The van der Waals surface area contributed by atoms with Gasteiger partial charge in [0.15, 0.2) is 0 Å². The minimum absolute atomic E-state index is 0.247. The molecule has 0 bridgehead atoms. The third kappa shape index (κ3) is 4.59. The van der Waals surface area contributed by atoms with E-state index in [2.05, 4.69) is 15.0 Å². The monoisotopic (exact) mass is 434 g/mol. The number of nitrogens with one attached hydrogen (secondary N) is 2. The summed E-state index contributed by atoms with van der Waals surface area (Å²) in [5, 5.41) is 2.93. The Bertz CT molecular complexity index is 1340. The third-order valence-electron chi connectivity index (χ3n) is 4.93. The summed E-state index contributed by atoms with van der Waals surface area (Å²) in [5.74, 6) is -0.247. The molecule has 0 saturated heterocycles. The summed E-state index contributed by atoms with van der Waals surface area (Å²) in [5.41, 5.74) is 4.43. The third-order valence-corrected chi connectivity index (χ3v) is 5.52. The lowest BCUT2D eigenvalue weighted by atomic mass is 10.1. The zero-order valence-corrected chi connectivity index (χ0v) is 17.9. The predicted molar refractivity (Wildman–Crippen MR) is 122 cm³/mol. The fourth-order valence-electron chi connectivity index (χ4n) is 3.46. The fraction of sp³-hybridized carbons (Fsp3) is 0.130. The highest BCUT2D eigenvalue weighted by atomic mass is 32.2. The molecule has 1 amide bonds. The Morgan fingerprint density at radius 3 is 2.39 bits per heavy atom. The number of para-hydroxylation sites is 3. The summed E-state index contributed by atoms with van der Waals surface area (Å²) in [4.78, 5) is 17.2. The molecule has 3 aromatic carbocycles. The highest BCUT2D eigenvalue weighted by Crippen LogP contribution is 2.24. The fourth-order valence-corrected chi connectivity index (χ4v) is 4.05. The molecular formula is C23H22N4O3S. The quantitative estimate of drug-likeness (QED) is 0.482. The molecule has 0 aliphatic heterocycles. The first-order valence-electron chi connectivity index (χ1n) is 9.72. The van der Waals surface area contributed by atoms with E-state index in [-0.39, 0.29) is 5.91 Å². The predicted octanol–water partition coefficient (Wildman–Crippen LogP) is 3.89. The van der Waals surface area contributed by atoms with Crippen molar-refractivity contribution < 1.29 is 13.2 Å². The Kier molecular flexibility index (Phi) is 5.48. The van der Waals surface area contributed by atoms with Gasteiger partial charge < -0.3 is 5.32 Å². The maximum atomic E-state index is 12.8. The second-order valence-corrected chi connectivity index (χ2v) is 9.06. The van der Waals surface area contributed by atoms with Gasteiger partial charge in [0.2, 0.25) is 10.0 Å². The summed E-state index contributed by atoms with van der Waals surface area (Å²) < 4.78 is 27.7. The lowest BCUT2D eigenvalue weighted by Gasteiger charge is -2.18. The van der Waals surface area contributed by atoms with Crippen LogP contribution in [0.5, 0.6) is 0 Å². The summed E-state index contributed by atoms with van der Waals surface area (Å²) >= 11 is 0. The number of hydrogen-bond acceptors (Lipinski definition) is 4. The number of fused-ring (bicyclic) bond motifs is 1. The zero-order valence-electron chi connectivity index (χ0n) is 17.1. The van der Waals surface area contributed by atoms with Crippen molar-refractivity contribution in [2.75, 3.05) is 11.0 Å². The van der Waals surface area contributed by atoms with Gasteiger partial charge in [-0.15, -0.1) is 0 Å². The van der Waals surface area contributed by atoms with Gasteiger partial charge in [-0.2, -0.15) is 0 Å². The van der Waals surface area contributed by atoms with Gasteiger partial charge >= 0.3 is 0 Å². The van der Waals surface area contributed by atoms with Crippen LogP contribution in [0.15, 0.2) is 79.1 Å². The molecule has 31 heavy (non-hydrogen) atoms. The molecule has 0 aliphatic carbocycles. The molecule has 0 aliphatic rings. The van der Waals surface area contributed by atoms with Gasteiger partial charge in [-0.25, -0.2) is 13.4 Å². The SMILES string of the molecule is CC(NC(=O)c1ccc(-n2cnc3ccccc32)cc1)c1ccccc1NS(C)(=O)=O. The molecule has 1 unspecified atom stereocenters. The summed E-state index contributed by atoms with van der Waals surface area (Å²) in [6.07, 6.45) is 2.85. The van der Waals surface area contributed by atoms with E-state index in [0.717, 1.165) is 23.0 Å².